The van der Waals surface area contributed by atoms with Crippen LogP contribution in [0.5, 0.6) is 11.5 Å². The molecule has 5 nitrogen and oxygen atoms in total. The second kappa shape index (κ2) is 13.9. The quantitative estimate of drug-likeness (QED) is 0.0982. The monoisotopic (exact) mass is 852 g/mol. The molecule has 0 spiro atoms. The molecule has 0 aliphatic carbocycles. The van der Waals surface area contributed by atoms with E-state index in [1.165, 1.54) is 43.0 Å². The van der Waals surface area contributed by atoms with Gasteiger partial charge in [0.2, 0.25) is 0 Å². The van der Waals surface area contributed by atoms with Crippen LogP contribution in [0, 0.1) is 6.33 Å². The second-order valence-electron chi connectivity index (χ2n) is 18.3. The van der Waals surface area contributed by atoms with Gasteiger partial charge in [0.1, 0.15) is 0 Å². The van der Waals surface area contributed by atoms with E-state index in [0.29, 0.717) is 0 Å². The van der Waals surface area contributed by atoms with Gasteiger partial charge < -0.3 is 0 Å². The number of nitrogens with zero attached hydrogens (tertiary/aromatic N) is 4. The molecule has 0 bridgehead atoms. The third-order valence-electron chi connectivity index (χ3n) is 12.3. The normalized spacial score (nSPS) is 12.4. The average molecular weight is 852 g/mol. The van der Waals surface area contributed by atoms with Gasteiger partial charge in [-0.3, -0.25) is 4.57 Å². The second-order valence-corrected chi connectivity index (χ2v) is 29.0. The Balaban J connectivity index is 1.06. The Hall–Kier alpha value is -6.70. The molecule has 6 heteroatoms. The van der Waals surface area contributed by atoms with Gasteiger partial charge in [0.15, 0.2) is 0 Å². The molecule has 4 heterocycles. The standard InChI is InChI=1S/C55H46GeN4O/c1-55(2,3)36-29-30-57-53(31-36)60-50-28-25-37(56(4,5)6)32-48(50)46-27-26-40(34-52(46)60)61-39-16-13-15-38(33-39)58-35-59-49-23-12-11-21-45(49)43-19-9-7-17-41(43)42-18-8-10-20-44(42)47-22-14-24-51(58)54(47)59/h7-34H,1-6H3. The van der Waals surface area contributed by atoms with Crippen LogP contribution in [-0.2, 0) is 5.41 Å². The van der Waals surface area contributed by atoms with Gasteiger partial charge in [-0.05, 0) is 39.4 Å². The molecule has 3 aromatic heterocycles. The average Bonchev–Trinajstić information content (AvgIpc) is 3.82. The summed E-state index contributed by atoms with van der Waals surface area (Å²) >= 11 is -2.12. The van der Waals surface area contributed by atoms with E-state index in [4.69, 9.17) is 9.72 Å². The number of fused-ring (bicyclic) bond motifs is 10. The van der Waals surface area contributed by atoms with E-state index in [0.717, 1.165) is 61.9 Å². The molecule has 0 saturated carbocycles. The van der Waals surface area contributed by atoms with Crippen LogP contribution in [0.25, 0.3) is 83.4 Å². The Morgan fingerprint density at radius 3 is 1.95 bits per heavy atom. The van der Waals surface area contributed by atoms with E-state index < -0.39 is 13.3 Å². The molecule has 10 aromatic rings. The summed E-state index contributed by atoms with van der Waals surface area (Å²) in [5.74, 6) is 9.78. The summed E-state index contributed by atoms with van der Waals surface area (Å²) in [6.45, 7) is 6.75. The number of imidazole rings is 1. The summed E-state index contributed by atoms with van der Waals surface area (Å²) < 4.78 is 15.0. The Morgan fingerprint density at radius 1 is 0.557 bits per heavy atom. The van der Waals surface area contributed by atoms with Gasteiger partial charge in [0.25, 0.3) is 6.33 Å². The maximum absolute atomic E-state index is 6.81. The van der Waals surface area contributed by atoms with Crippen molar-refractivity contribution in [2.45, 2.75) is 43.5 Å². The van der Waals surface area contributed by atoms with Gasteiger partial charge in [-0.1, -0.05) is 84.9 Å². The molecule has 7 aromatic carbocycles. The zero-order valence-electron chi connectivity index (χ0n) is 35.4. The van der Waals surface area contributed by atoms with E-state index >= 15 is 0 Å². The van der Waals surface area contributed by atoms with E-state index in [9.17, 15) is 0 Å². The predicted molar refractivity (Wildman–Crippen MR) is 254 cm³/mol. The topological polar surface area (TPSA) is 35.9 Å². The summed E-state index contributed by atoms with van der Waals surface area (Å²) in [4.78, 5) is 4.95. The van der Waals surface area contributed by atoms with Crippen molar-refractivity contribution in [3.63, 3.8) is 0 Å². The van der Waals surface area contributed by atoms with Crippen molar-refractivity contribution in [1.29, 1.82) is 0 Å². The molecule has 0 fully saturated rings. The number of ether oxygens (including phenoxy) is 1. The minimum atomic E-state index is -2.12. The van der Waals surface area contributed by atoms with Crippen molar-refractivity contribution >= 4 is 50.5 Å². The minimum absolute atomic E-state index is 0.0131. The molecule has 0 saturated heterocycles. The fourth-order valence-electron chi connectivity index (χ4n) is 9.15. The van der Waals surface area contributed by atoms with Gasteiger partial charge in [-0.2, -0.15) is 0 Å². The molecule has 0 N–H and O–H groups in total. The van der Waals surface area contributed by atoms with Crippen LogP contribution in [0.4, 0.5) is 0 Å². The van der Waals surface area contributed by atoms with Crippen LogP contribution < -0.4 is 13.7 Å². The van der Waals surface area contributed by atoms with Crippen LogP contribution in [0.1, 0.15) is 26.3 Å². The molecule has 1 aliphatic rings. The zero-order valence-corrected chi connectivity index (χ0v) is 37.5. The molecule has 0 radical (unpaired) electrons. The zero-order chi connectivity index (χ0) is 41.6. The molecular weight excluding hydrogens is 805 g/mol. The Kier molecular flexibility index (Phi) is 8.52. The van der Waals surface area contributed by atoms with Crippen molar-refractivity contribution in [2.24, 2.45) is 0 Å². The number of pyridine rings is 1. The van der Waals surface area contributed by atoms with E-state index in [2.05, 4.69) is 216 Å². The van der Waals surface area contributed by atoms with E-state index in [1.807, 2.05) is 12.3 Å². The molecule has 0 unspecified atom stereocenters. The van der Waals surface area contributed by atoms with Gasteiger partial charge in [0.05, 0.1) is 16.7 Å². The molecule has 0 atom stereocenters. The third-order valence-corrected chi connectivity index (χ3v) is 16.6. The fourth-order valence-corrected chi connectivity index (χ4v) is 11.6. The van der Waals surface area contributed by atoms with Gasteiger partial charge in [0, 0.05) is 0 Å². The van der Waals surface area contributed by atoms with Gasteiger partial charge >= 0.3 is 209 Å². The van der Waals surface area contributed by atoms with Crippen molar-refractivity contribution in [3.05, 3.63) is 182 Å². The maximum atomic E-state index is 6.81. The van der Waals surface area contributed by atoms with Gasteiger partial charge in [-0.25, -0.2) is 0 Å². The molecule has 11 rings (SSSR count). The molecule has 296 valence electrons. The third kappa shape index (κ3) is 6.21. The van der Waals surface area contributed by atoms with Crippen LogP contribution in [0.3, 0.4) is 0 Å². The number of rotatable bonds is 5. The number of aromatic nitrogens is 4. The number of benzene rings is 7. The van der Waals surface area contributed by atoms with Crippen molar-refractivity contribution in [3.8, 4) is 62.1 Å². The first kappa shape index (κ1) is 37.3. The molecule has 1 aliphatic heterocycles. The summed E-state index contributed by atoms with van der Waals surface area (Å²) in [6.07, 6.45) is 5.76. The SMILES string of the molecule is CC(C)(C)c1ccnc(-n2c3cc[c]([Ge]([CH3])([CH3])[CH3])cc3c3ccc(Oc4cccc(-n5[c-][n+]6c7c(cccc75)-c5ccccc5-c5ccccc5-c5ccccc5-6)c4)cc32)c1. The first-order valence-electron chi connectivity index (χ1n) is 21.1. The summed E-state index contributed by atoms with van der Waals surface area (Å²) in [7, 11) is 0. The summed E-state index contributed by atoms with van der Waals surface area (Å²) in [6, 6.07) is 59.0. The molecule has 61 heavy (non-hydrogen) atoms. The fraction of sp³-hybridized carbons (Fsp3) is 0.127. The molecule has 0 amide bonds. The van der Waals surface area contributed by atoms with Crippen molar-refractivity contribution < 1.29 is 9.30 Å². The van der Waals surface area contributed by atoms with Crippen LogP contribution in [-0.4, -0.2) is 27.4 Å². The number of hydrogen-bond donors (Lipinski definition) is 0. The number of hydrogen-bond acceptors (Lipinski definition) is 2. The Bertz CT molecular complexity index is 3380. The summed E-state index contributed by atoms with van der Waals surface area (Å²) in [5, 5.41) is 2.44. The van der Waals surface area contributed by atoms with Gasteiger partial charge in [-0.15, -0.1) is 0 Å². The van der Waals surface area contributed by atoms with Crippen LogP contribution in [0.15, 0.2) is 170 Å². The Morgan fingerprint density at radius 2 is 1.21 bits per heavy atom. The molecular formula is C55H46GeN4O. The van der Waals surface area contributed by atoms with E-state index in [-0.39, 0.29) is 5.41 Å². The Labute approximate surface area is 359 Å². The van der Waals surface area contributed by atoms with Crippen LogP contribution in [0.2, 0.25) is 17.3 Å². The van der Waals surface area contributed by atoms with E-state index in [1.54, 1.807) is 0 Å². The first-order chi connectivity index (χ1) is 29.5. The van der Waals surface area contributed by atoms with Crippen molar-refractivity contribution in [1.82, 2.24) is 14.1 Å². The summed E-state index contributed by atoms with van der Waals surface area (Å²) in [5.41, 5.74) is 14.8. The predicted octanol–water partition coefficient (Wildman–Crippen LogP) is 13.1. The first-order valence-corrected chi connectivity index (χ1v) is 28.5. The van der Waals surface area contributed by atoms with Crippen molar-refractivity contribution in [2.75, 3.05) is 0 Å². The number of para-hydroxylation sites is 2. The van der Waals surface area contributed by atoms with Crippen LogP contribution >= 0.6 is 0 Å².